The lowest BCUT2D eigenvalue weighted by molar-refractivity contribution is 0.872. The van der Waals surface area contributed by atoms with Gasteiger partial charge in [0.2, 0.25) is 0 Å². The zero-order valence-electron chi connectivity index (χ0n) is 7.31. The first-order valence-corrected chi connectivity index (χ1v) is 9.28. The number of rotatable bonds is 3. The van der Waals surface area contributed by atoms with Gasteiger partial charge in [0.25, 0.3) is 0 Å². The highest BCUT2D eigenvalue weighted by Gasteiger charge is 2.36. The number of benzene rings is 1. The number of halogens is 3. The van der Waals surface area contributed by atoms with Crippen molar-refractivity contribution in [3.05, 3.63) is 35.9 Å². The van der Waals surface area contributed by atoms with Gasteiger partial charge in [-0.05, 0) is 12.0 Å². The molecule has 0 aliphatic rings. The van der Waals surface area contributed by atoms with Crippen LogP contribution in [0.3, 0.4) is 0 Å². The topological polar surface area (TPSA) is 0 Å². The summed E-state index contributed by atoms with van der Waals surface area (Å²) < 4.78 is 0. The third-order valence-electron chi connectivity index (χ3n) is 2.01. The molecule has 0 aromatic heterocycles. The van der Waals surface area contributed by atoms with Gasteiger partial charge in [0.15, 0.2) is 0 Å². The van der Waals surface area contributed by atoms with Crippen LogP contribution in [0.1, 0.15) is 24.4 Å². The summed E-state index contributed by atoms with van der Waals surface area (Å²) in [5.74, 6) is 0. The van der Waals surface area contributed by atoms with Crippen molar-refractivity contribution in [1.82, 2.24) is 0 Å². The standard InChI is InChI=1S/C9H11Cl3Si/c1-2-9(13(10,11)12)8-6-4-3-5-7-8/h3-7,9H,2H2,1H3. The molecule has 0 bridgehead atoms. The van der Waals surface area contributed by atoms with Crippen molar-refractivity contribution in [2.75, 3.05) is 0 Å². The van der Waals surface area contributed by atoms with Crippen molar-refractivity contribution in [2.24, 2.45) is 0 Å². The van der Waals surface area contributed by atoms with Gasteiger partial charge in [-0.15, -0.1) is 33.2 Å². The van der Waals surface area contributed by atoms with Gasteiger partial charge >= 0.3 is 6.00 Å². The molecule has 4 heteroatoms. The quantitative estimate of drug-likeness (QED) is 0.554. The van der Waals surface area contributed by atoms with E-state index in [0.717, 1.165) is 12.0 Å². The first-order valence-electron chi connectivity index (χ1n) is 4.17. The second-order valence-corrected chi connectivity index (χ2v) is 11.8. The highest BCUT2D eigenvalue weighted by atomic mass is 35.8. The second-order valence-electron chi connectivity index (χ2n) is 2.91. The Hall–Kier alpha value is 0.307. The Labute approximate surface area is 93.9 Å². The minimum Gasteiger partial charge on any atom is -0.125 e. The third-order valence-corrected chi connectivity index (χ3v) is 5.91. The highest BCUT2D eigenvalue weighted by Crippen LogP contribution is 2.38. The fourth-order valence-corrected chi connectivity index (χ4v) is 4.90. The Morgan fingerprint density at radius 2 is 1.69 bits per heavy atom. The summed E-state index contributed by atoms with van der Waals surface area (Å²) in [4.78, 5) is 0. The molecule has 0 nitrogen and oxygen atoms in total. The van der Waals surface area contributed by atoms with Gasteiger partial charge in [0.1, 0.15) is 0 Å². The van der Waals surface area contributed by atoms with E-state index in [-0.39, 0.29) is 5.54 Å². The van der Waals surface area contributed by atoms with Crippen LogP contribution in [0.5, 0.6) is 0 Å². The van der Waals surface area contributed by atoms with Gasteiger partial charge in [-0.1, -0.05) is 37.3 Å². The van der Waals surface area contributed by atoms with Crippen molar-refractivity contribution in [3.8, 4) is 0 Å². The van der Waals surface area contributed by atoms with Crippen LogP contribution < -0.4 is 0 Å². The Morgan fingerprint density at radius 1 is 1.15 bits per heavy atom. The van der Waals surface area contributed by atoms with E-state index in [1.54, 1.807) is 0 Å². The summed E-state index contributed by atoms with van der Waals surface area (Å²) >= 11 is 18.0. The predicted octanol–water partition coefficient (Wildman–Crippen LogP) is 4.37. The Morgan fingerprint density at radius 3 is 2.08 bits per heavy atom. The lowest BCUT2D eigenvalue weighted by Crippen LogP contribution is -2.22. The van der Waals surface area contributed by atoms with Crippen LogP contribution in [0.15, 0.2) is 30.3 Å². The molecule has 0 N–H and O–H groups in total. The normalized spacial score (nSPS) is 14.2. The summed E-state index contributed by atoms with van der Waals surface area (Å²) in [5.41, 5.74) is 1.25. The monoisotopic (exact) mass is 252 g/mol. The minimum atomic E-state index is -2.61. The first kappa shape index (κ1) is 11.4. The summed E-state index contributed by atoms with van der Waals surface area (Å²) in [7, 11) is 0. The molecule has 13 heavy (non-hydrogen) atoms. The van der Waals surface area contributed by atoms with Crippen molar-refractivity contribution in [3.63, 3.8) is 0 Å². The molecular formula is C9H11Cl3Si. The Balaban J connectivity index is 2.92. The molecule has 0 spiro atoms. The third kappa shape index (κ3) is 3.17. The van der Waals surface area contributed by atoms with Crippen LogP contribution in [0.25, 0.3) is 0 Å². The van der Waals surface area contributed by atoms with Crippen molar-refractivity contribution < 1.29 is 0 Å². The molecule has 0 radical (unpaired) electrons. The molecule has 72 valence electrons. The van der Waals surface area contributed by atoms with E-state index in [0.29, 0.717) is 0 Å². The van der Waals surface area contributed by atoms with E-state index in [2.05, 4.69) is 0 Å². The first-order chi connectivity index (χ1) is 6.05. The van der Waals surface area contributed by atoms with Crippen molar-refractivity contribution in [1.29, 1.82) is 0 Å². The number of hydrogen-bond acceptors (Lipinski definition) is 0. The van der Waals surface area contributed by atoms with Crippen LogP contribution in [0.2, 0.25) is 0 Å². The van der Waals surface area contributed by atoms with Gasteiger partial charge in [-0.2, -0.15) is 0 Å². The van der Waals surface area contributed by atoms with Crippen molar-refractivity contribution in [2.45, 2.75) is 18.9 Å². The molecule has 0 saturated heterocycles. The molecule has 1 unspecified atom stereocenters. The van der Waals surface area contributed by atoms with Gasteiger partial charge in [0.05, 0.1) is 0 Å². The maximum atomic E-state index is 6.00. The summed E-state index contributed by atoms with van der Waals surface area (Å²) in [6.45, 7) is 2.05. The SMILES string of the molecule is CCC(c1ccccc1)[Si](Cl)(Cl)Cl. The molecule has 0 aliphatic carbocycles. The highest BCUT2D eigenvalue weighted by molar-refractivity contribution is 7.65. The van der Waals surface area contributed by atoms with Crippen LogP contribution in [0, 0.1) is 0 Å². The predicted molar refractivity (Wildman–Crippen MR) is 62.8 cm³/mol. The smallest absolute Gasteiger partial charge is 0.125 e. The Kier molecular flexibility index (Phi) is 4.11. The van der Waals surface area contributed by atoms with Crippen molar-refractivity contribution >= 4 is 39.2 Å². The maximum absolute atomic E-state index is 6.00. The molecule has 0 heterocycles. The van der Waals surface area contributed by atoms with E-state index < -0.39 is 6.00 Å². The fraction of sp³-hybridized carbons (Fsp3) is 0.333. The molecule has 0 fully saturated rings. The van der Waals surface area contributed by atoms with Gasteiger partial charge in [-0.3, -0.25) is 0 Å². The van der Waals surface area contributed by atoms with E-state index >= 15 is 0 Å². The van der Waals surface area contributed by atoms with E-state index in [4.69, 9.17) is 33.2 Å². The molecule has 1 aromatic rings. The van der Waals surface area contributed by atoms with Crippen LogP contribution >= 0.6 is 33.2 Å². The minimum absolute atomic E-state index is 0.110. The van der Waals surface area contributed by atoms with Gasteiger partial charge < -0.3 is 0 Å². The Bertz CT molecular complexity index is 255. The van der Waals surface area contributed by atoms with Gasteiger partial charge in [0, 0.05) is 5.54 Å². The van der Waals surface area contributed by atoms with Crippen LogP contribution in [0.4, 0.5) is 0 Å². The zero-order valence-corrected chi connectivity index (χ0v) is 10.6. The maximum Gasteiger partial charge on any atom is 0.348 e. The summed E-state index contributed by atoms with van der Waals surface area (Å²) in [6.07, 6.45) is 0.882. The average Bonchev–Trinajstić information content (AvgIpc) is 2.05. The zero-order chi connectivity index (χ0) is 9.90. The molecular weight excluding hydrogens is 243 g/mol. The van der Waals surface area contributed by atoms with Crippen LogP contribution in [-0.2, 0) is 0 Å². The largest absolute Gasteiger partial charge is 0.348 e. The molecule has 1 atom stereocenters. The van der Waals surface area contributed by atoms with E-state index in [1.807, 2.05) is 37.3 Å². The molecule has 1 rings (SSSR count). The number of hydrogen-bond donors (Lipinski definition) is 0. The average molecular weight is 254 g/mol. The molecule has 0 aliphatic heterocycles. The van der Waals surface area contributed by atoms with Gasteiger partial charge in [-0.25, -0.2) is 0 Å². The molecule has 1 aromatic carbocycles. The molecule has 0 amide bonds. The van der Waals surface area contributed by atoms with E-state index in [9.17, 15) is 0 Å². The van der Waals surface area contributed by atoms with Crippen LogP contribution in [-0.4, -0.2) is 6.00 Å². The summed E-state index contributed by atoms with van der Waals surface area (Å²) in [6, 6.07) is 7.34. The fourth-order valence-electron chi connectivity index (χ4n) is 1.34. The second kappa shape index (κ2) is 4.69. The molecule has 0 saturated carbocycles. The lowest BCUT2D eigenvalue weighted by atomic mass is 10.1. The van der Waals surface area contributed by atoms with E-state index in [1.165, 1.54) is 0 Å². The lowest BCUT2D eigenvalue weighted by Gasteiger charge is -2.20. The summed E-state index contributed by atoms with van der Waals surface area (Å²) in [5, 5.41) is 0.